The fraction of sp³-hybridized carbons (Fsp3) is 0.467. The average Bonchev–Trinajstić information content (AvgIpc) is 2.43. The smallest absolute Gasteiger partial charge is 0.305 e. The molecule has 0 aromatic heterocycles. The average molecular weight is 372 g/mol. The number of amides is 1. The number of carbonyl (C=O) groups is 2. The molecule has 1 aromatic carbocycles. The second-order valence-electron chi connectivity index (χ2n) is 5.35. The Morgan fingerprint density at radius 1 is 1.32 bits per heavy atom. The van der Waals surface area contributed by atoms with Crippen LogP contribution in [0.2, 0.25) is 0 Å². The van der Waals surface area contributed by atoms with Gasteiger partial charge in [0.15, 0.2) is 11.5 Å². The van der Waals surface area contributed by atoms with Crippen molar-refractivity contribution in [2.24, 2.45) is 0 Å². The number of hydrogen-bond acceptors (Lipinski definition) is 4. The Bertz CT molecular complexity index is 598. The Balaban J connectivity index is 2.22. The highest BCUT2D eigenvalue weighted by Gasteiger charge is 2.40. The second-order valence-corrected chi connectivity index (χ2v) is 6.21. The van der Waals surface area contributed by atoms with Crippen molar-refractivity contribution in [2.75, 3.05) is 14.2 Å². The number of rotatable bonds is 6. The van der Waals surface area contributed by atoms with Gasteiger partial charge in [0.05, 0.1) is 30.7 Å². The Hall–Kier alpha value is -1.76. The van der Waals surface area contributed by atoms with Gasteiger partial charge in [0.1, 0.15) is 0 Å². The van der Waals surface area contributed by atoms with E-state index >= 15 is 0 Å². The number of carbonyl (C=O) groups excluding carboxylic acids is 1. The fourth-order valence-corrected chi connectivity index (χ4v) is 3.20. The molecule has 0 aliphatic heterocycles. The predicted octanol–water partition coefficient (Wildman–Crippen LogP) is 2.59. The summed E-state index contributed by atoms with van der Waals surface area (Å²) in [5.74, 6) is -0.290. The van der Waals surface area contributed by atoms with E-state index in [-0.39, 0.29) is 12.3 Å². The van der Waals surface area contributed by atoms with Gasteiger partial charge in [0.2, 0.25) is 0 Å². The molecule has 22 heavy (non-hydrogen) atoms. The van der Waals surface area contributed by atoms with Gasteiger partial charge in [-0.05, 0) is 47.3 Å². The topological polar surface area (TPSA) is 84.9 Å². The van der Waals surface area contributed by atoms with E-state index in [1.165, 1.54) is 14.2 Å². The molecule has 120 valence electrons. The van der Waals surface area contributed by atoms with Crippen molar-refractivity contribution in [3.63, 3.8) is 0 Å². The monoisotopic (exact) mass is 371 g/mol. The van der Waals surface area contributed by atoms with Crippen LogP contribution in [-0.4, -0.2) is 36.7 Å². The van der Waals surface area contributed by atoms with Crippen LogP contribution in [0.5, 0.6) is 11.5 Å². The molecule has 6 nitrogen and oxygen atoms in total. The number of methoxy groups -OCH3 is 2. The first-order valence-corrected chi connectivity index (χ1v) is 7.66. The molecule has 0 bridgehead atoms. The largest absolute Gasteiger partial charge is 0.493 e. The molecule has 0 atom stereocenters. The highest BCUT2D eigenvalue weighted by molar-refractivity contribution is 9.10. The van der Waals surface area contributed by atoms with Gasteiger partial charge in [-0.1, -0.05) is 0 Å². The van der Waals surface area contributed by atoms with Crippen LogP contribution in [0.3, 0.4) is 0 Å². The molecule has 1 aliphatic carbocycles. The number of nitrogens with one attached hydrogen (secondary N) is 1. The highest BCUT2D eigenvalue weighted by Crippen LogP contribution is 2.38. The Morgan fingerprint density at radius 3 is 2.45 bits per heavy atom. The molecular formula is C15H18BrNO5. The van der Waals surface area contributed by atoms with Crippen LogP contribution in [-0.2, 0) is 4.79 Å². The zero-order chi connectivity index (χ0) is 16.3. The third-order valence-electron chi connectivity index (χ3n) is 3.87. The zero-order valence-corrected chi connectivity index (χ0v) is 14.0. The number of benzene rings is 1. The lowest BCUT2D eigenvalue weighted by Crippen LogP contribution is -2.54. The molecule has 0 radical (unpaired) electrons. The molecule has 7 heteroatoms. The Kier molecular flexibility index (Phi) is 4.95. The van der Waals surface area contributed by atoms with Gasteiger partial charge in [-0.3, -0.25) is 9.59 Å². The predicted molar refractivity (Wildman–Crippen MR) is 83.5 cm³/mol. The van der Waals surface area contributed by atoms with Crippen molar-refractivity contribution in [1.82, 2.24) is 5.32 Å². The molecule has 1 saturated carbocycles. The second kappa shape index (κ2) is 6.56. The van der Waals surface area contributed by atoms with Gasteiger partial charge < -0.3 is 19.9 Å². The molecular weight excluding hydrogens is 354 g/mol. The van der Waals surface area contributed by atoms with E-state index in [0.29, 0.717) is 34.4 Å². The van der Waals surface area contributed by atoms with Gasteiger partial charge in [-0.25, -0.2) is 0 Å². The van der Waals surface area contributed by atoms with Crippen LogP contribution in [0.15, 0.2) is 16.6 Å². The third-order valence-corrected chi connectivity index (χ3v) is 4.46. The zero-order valence-electron chi connectivity index (χ0n) is 12.4. The molecule has 0 unspecified atom stereocenters. The van der Waals surface area contributed by atoms with Crippen molar-refractivity contribution >= 4 is 27.8 Å². The minimum Gasteiger partial charge on any atom is -0.493 e. The molecule has 2 N–H and O–H groups in total. The summed E-state index contributed by atoms with van der Waals surface area (Å²) in [4.78, 5) is 23.4. The minimum atomic E-state index is -0.909. The van der Waals surface area contributed by atoms with E-state index < -0.39 is 11.5 Å². The summed E-state index contributed by atoms with van der Waals surface area (Å²) in [5.41, 5.74) is -0.246. The normalized spacial score (nSPS) is 15.6. The Labute approximate surface area is 136 Å². The SMILES string of the molecule is COc1cc(C(=O)NC2(CC(=O)O)CCC2)cc(Br)c1OC. The van der Waals surface area contributed by atoms with E-state index in [1.54, 1.807) is 12.1 Å². The van der Waals surface area contributed by atoms with Crippen LogP contribution in [0.1, 0.15) is 36.0 Å². The molecule has 2 rings (SSSR count). The lowest BCUT2D eigenvalue weighted by atomic mass is 9.74. The van der Waals surface area contributed by atoms with Crippen molar-refractivity contribution in [3.05, 3.63) is 22.2 Å². The molecule has 1 aromatic rings. The summed E-state index contributed by atoms with van der Waals surface area (Å²) in [5, 5.41) is 11.9. The number of carboxylic acids is 1. The summed E-state index contributed by atoms with van der Waals surface area (Å²) < 4.78 is 11.0. The maximum absolute atomic E-state index is 12.4. The summed E-state index contributed by atoms with van der Waals surface area (Å²) in [6.07, 6.45) is 2.22. The molecule has 0 heterocycles. The first-order valence-electron chi connectivity index (χ1n) is 6.86. The molecule has 1 aliphatic rings. The first kappa shape index (κ1) is 16.6. The number of aliphatic carboxylic acids is 1. The molecule has 1 fully saturated rings. The summed E-state index contributed by atoms with van der Waals surface area (Å²) in [6, 6.07) is 3.20. The number of ether oxygens (including phenoxy) is 2. The fourth-order valence-electron chi connectivity index (χ4n) is 2.60. The number of halogens is 1. The van der Waals surface area contributed by atoms with Gasteiger partial charge >= 0.3 is 5.97 Å². The van der Waals surface area contributed by atoms with Gasteiger partial charge in [-0.15, -0.1) is 0 Å². The van der Waals surface area contributed by atoms with E-state index in [4.69, 9.17) is 14.6 Å². The minimum absolute atomic E-state index is 0.0623. The standard InChI is InChI=1S/C15H18BrNO5/c1-21-11-7-9(6-10(16)13(11)22-2)14(20)17-15(4-3-5-15)8-12(18)19/h6-7H,3-5,8H2,1-2H3,(H,17,20)(H,18,19). The van der Waals surface area contributed by atoms with Gasteiger partial charge in [0, 0.05) is 5.56 Å². The third kappa shape index (κ3) is 3.35. The highest BCUT2D eigenvalue weighted by atomic mass is 79.9. The summed E-state index contributed by atoms with van der Waals surface area (Å²) >= 11 is 3.34. The maximum Gasteiger partial charge on any atom is 0.305 e. The Morgan fingerprint density at radius 2 is 2.00 bits per heavy atom. The molecule has 0 spiro atoms. The van der Waals surface area contributed by atoms with Crippen LogP contribution < -0.4 is 14.8 Å². The lowest BCUT2D eigenvalue weighted by Gasteiger charge is -2.41. The van der Waals surface area contributed by atoms with E-state index in [2.05, 4.69) is 21.2 Å². The lowest BCUT2D eigenvalue weighted by molar-refractivity contribution is -0.139. The van der Waals surface area contributed by atoms with Crippen LogP contribution in [0.25, 0.3) is 0 Å². The van der Waals surface area contributed by atoms with E-state index in [0.717, 1.165) is 6.42 Å². The maximum atomic E-state index is 12.4. The first-order chi connectivity index (χ1) is 10.4. The van der Waals surface area contributed by atoms with Crippen LogP contribution in [0, 0.1) is 0 Å². The van der Waals surface area contributed by atoms with Crippen LogP contribution in [0.4, 0.5) is 0 Å². The molecule has 1 amide bonds. The molecule has 0 saturated heterocycles. The number of carboxylic acid groups (broad SMARTS) is 1. The van der Waals surface area contributed by atoms with Crippen molar-refractivity contribution in [3.8, 4) is 11.5 Å². The summed E-state index contributed by atoms with van der Waals surface area (Å²) in [6.45, 7) is 0. The van der Waals surface area contributed by atoms with E-state index in [1.807, 2.05) is 0 Å². The van der Waals surface area contributed by atoms with Crippen LogP contribution >= 0.6 is 15.9 Å². The van der Waals surface area contributed by atoms with E-state index in [9.17, 15) is 9.59 Å². The van der Waals surface area contributed by atoms with Crippen molar-refractivity contribution in [1.29, 1.82) is 0 Å². The number of hydrogen-bond donors (Lipinski definition) is 2. The van der Waals surface area contributed by atoms with Gasteiger partial charge in [0.25, 0.3) is 5.91 Å². The van der Waals surface area contributed by atoms with Gasteiger partial charge in [-0.2, -0.15) is 0 Å². The van der Waals surface area contributed by atoms with Crippen molar-refractivity contribution in [2.45, 2.75) is 31.2 Å². The quantitative estimate of drug-likeness (QED) is 0.802. The summed E-state index contributed by atoms with van der Waals surface area (Å²) in [7, 11) is 3.00. The van der Waals surface area contributed by atoms with Crippen molar-refractivity contribution < 1.29 is 24.2 Å².